The number of amides is 2. The van der Waals surface area contributed by atoms with Crippen LogP contribution < -0.4 is 5.32 Å². The number of aryl methyl sites for hydroxylation is 2. The molecule has 0 bridgehead atoms. The Hall–Kier alpha value is -3.66. The number of pyridine rings is 1. The zero-order valence-corrected chi connectivity index (χ0v) is 20.7. The van der Waals surface area contributed by atoms with Gasteiger partial charge in [0.05, 0.1) is 11.3 Å². The van der Waals surface area contributed by atoms with Crippen molar-refractivity contribution in [2.45, 2.75) is 51.6 Å². The Kier molecular flexibility index (Phi) is 7.04. The highest BCUT2D eigenvalue weighted by Gasteiger charge is 2.31. The third-order valence-corrected chi connectivity index (χ3v) is 7.21. The van der Waals surface area contributed by atoms with Gasteiger partial charge in [-0.05, 0) is 57.7 Å². The maximum Gasteiger partial charge on any atom is 0.257 e. The van der Waals surface area contributed by atoms with E-state index in [1.165, 1.54) is 6.33 Å². The third-order valence-electron chi connectivity index (χ3n) is 7.21. The number of hydrogen-bond acceptors (Lipinski definition) is 8. The minimum atomic E-state index is -0.182. The number of nitrogens with one attached hydrogen (secondary N) is 1. The van der Waals surface area contributed by atoms with Gasteiger partial charge >= 0.3 is 0 Å². The fraction of sp³-hybridized carbons (Fsp3) is 0.462. The normalized spacial score (nSPS) is 17.8. The van der Waals surface area contributed by atoms with Gasteiger partial charge in [0.1, 0.15) is 23.3 Å². The minimum absolute atomic E-state index is 0.0627. The van der Waals surface area contributed by atoms with E-state index >= 15 is 0 Å². The van der Waals surface area contributed by atoms with Gasteiger partial charge in [0.25, 0.3) is 11.8 Å². The second-order valence-electron chi connectivity index (χ2n) is 9.55. The Morgan fingerprint density at radius 2 is 1.78 bits per heavy atom. The van der Waals surface area contributed by atoms with Gasteiger partial charge in [-0.25, -0.2) is 9.97 Å². The van der Waals surface area contributed by atoms with E-state index in [4.69, 9.17) is 4.52 Å². The van der Waals surface area contributed by atoms with E-state index in [0.29, 0.717) is 34.3 Å². The molecule has 36 heavy (non-hydrogen) atoms. The number of rotatable bonds is 5. The van der Waals surface area contributed by atoms with Crippen molar-refractivity contribution in [3.63, 3.8) is 0 Å². The lowest BCUT2D eigenvalue weighted by Gasteiger charge is -2.42. The van der Waals surface area contributed by atoms with Crippen LogP contribution in [0.5, 0.6) is 0 Å². The first-order chi connectivity index (χ1) is 17.5. The van der Waals surface area contributed by atoms with E-state index in [2.05, 4.69) is 30.3 Å². The molecule has 2 amide bonds. The van der Waals surface area contributed by atoms with Crippen molar-refractivity contribution in [1.29, 1.82) is 0 Å². The molecule has 3 aromatic rings. The van der Waals surface area contributed by atoms with Crippen LogP contribution in [0.1, 0.15) is 57.9 Å². The van der Waals surface area contributed by atoms with Crippen molar-refractivity contribution < 1.29 is 14.1 Å². The van der Waals surface area contributed by atoms with Gasteiger partial charge < -0.3 is 19.6 Å². The van der Waals surface area contributed by atoms with Crippen molar-refractivity contribution in [3.05, 3.63) is 59.5 Å². The van der Waals surface area contributed by atoms with Gasteiger partial charge in [-0.2, -0.15) is 0 Å². The van der Waals surface area contributed by atoms with Crippen LogP contribution in [0.3, 0.4) is 0 Å². The lowest BCUT2D eigenvalue weighted by molar-refractivity contribution is 0.0566. The predicted molar refractivity (Wildman–Crippen MR) is 132 cm³/mol. The number of nitrogens with zero attached hydrogens (tertiary/aromatic N) is 6. The summed E-state index contributed by atoms with van der Waals surface area (Å²) >= 11 is 0. The molecule has 2 aliphatic rings. The van der Waals surface area contributed by atoms with Crippen molar-refractivity contribution >= 4 is 11.8 Å². The van der Waals surface area contributed by atoms with Crippen molar-refractivity contribution in [2.75, 3.05) is 26.2 Å². The quantitative estimate of drug-likeness (QED) is 0.581. The highest BCUT2D eigenvalue weighted by atomic mass is 16.5. The Balaban J connectivity index is 1.12. The molecule has 1 N–H and O–H groups in total. The van der Waals surface area contributed by atoms with E-state index in [0.717, 1.165) is 57.6 Å². The molecule has 0 spiro atoms. The fourth-order valence-corrected chi connectivity index (χ4v) is 5.12. The molecular formula is C26H31N7O3. The minimum Gasteiger partial charge on any atom is -0.360 e. The molecule has 0 aliphatic carbocycles. The smallest absolute Gasteiger partial charge is 0.257 e. The summed E-state index contributed by atoms with van der Waals surface area (Å²) in [5.74, 6) is 0.354. The zero-order chi connectivity index (χ0) is 25.1. The van der Waals surface area contributed by atoms with Crippen LogP contribution in [-0.2, 0) is 0 Å². The van der Waals surface area contributed by atoms with Gasteiger partial charge in [0, 0.05) is 56.4 Å². The highest BCUT2D eigenvalue weighted by Crippen LogP contribution is 2.25. The van der Waals surface area contributed by atoms with Crippen LogP contribution in [-0.4, -0.2) is 80.0 Å². The molecule has 0 unspecified atom stereocenters. The highest BCUT2D eigenvalue weighted by molar-refractivity contribution is 6.00. The van der Waals surface area contributed by atoms with Gasteiger partial charge in [0.2, 0.25) is 0 Å². The first-order valence-corrected chi connectivity index (χ1v) is 12.5. The van der Waals surface area contributed by atoms with Crippen LogP contribution in [0.25, 0.3) is 11.4 Å². The van der Waals surface area contributed by atoms with Crippen LogP contribution in [0.2, 0.25) is 0 Å². The molecule has 2 fully saturated rings. The molecule has 2 saturated heterocycles. The van der Waals surface area contributed by atoms with Gasteiger partial charge in [-0.15, -0.1) is 0 Å². The summed E-state index contributed by atoms with van der Waals surface area (Å²) in [4.78, 5) is 42.7. The molecule has 2 aliphatic heterocycles. The maximum absolute atomic E-state index is 13.1. The summed E-state index contributed by atoms with van der Waals surface area (Å²) in [5, 5.41) is 7.22. The average Bonchev–Trinajstić information content (AvgIpc) is 3.31. The number of carbonyl (C=O) groups excluding carboxylic acids is 2. The second kappa shape index (κ2) is 10.5. The number of carbonyl (C=O) groups is 2. The number of piperidine rings is 2. The molecule has 10 nitrogen and oxygen atoms in total. The van der Waals surface area contributed by atoms with Crippen LogP contribution in [0.4, 0.5) is 0 Å². The van der Waals surface area contributed by atoms with Gasteiger partial charge in [0.15, 0.2) is 0 Å². The Labute approximate surface area is 210 Å². The van der Waals surface area contributed by atoms with Gasteiger partial charge in [-0.1, -0.05) is 5.16 Å². The maximum atomic E-state index is 13.1. The fourth-order valence-electron chi connectivity index (χ4n) is 5.12. The largest absolute Gasteiger partial charge is 0.360 e. The van der Waals surface area contributed by atoms with Crippen LogP contribution in [0, 0.1) is 13.8 Å². The molecule has 5 heterocycles. The molecular weight excluding hydrogens is 458 g/mol. The molecule has 10 heteroatoms. The SMILES string of the molecule is Cc1ccc(C(=O)N2CCC(N3CCC(NC(=O)c4c(-c5ccncn5)noc4C)CC3)CC2)cn1. The first kappa shape index (κ1) is 24.1. The molecule has 0 aromatic carbocycles. The molecule has 5 rings (SSSR count). The van der Waals surface area contributed by atoms with Crippen LogP contribution in [0.15, 0.2) is 41.4 Å². The topological polar surface area (TPSA) is 117 Å². The van der Waals surface area contributed by atoms with Crippen molar-refractivity contribution in [1.82, 2.24) is 35.2 Å². The molecule has 188 valence electrons. The summed E-state index contributed by atoms with van der Waals surface area (Å²) in [5.41, 5.74) is 2.99. The Bertz CT molecular complexity index is 1200. The summed E-state index contributed by atoms with van der Waals surface area (Å²) in [6.45, 7) is 7.02. The summed E-state index contributed by atoms with van der Waals surface area (Å²) in [7, 11) is 0. The third kappa shape index (κ3) is 5.13. The lowest BCUT2D eigenvalue weighted by Crippen LogP contribution is -2.51. The van der Waals surface area contributed by atoms with Crippen LogP contribution >= 0.6 is 0 Å². The van der Waals surface area contributed by atoms with E-state index in [1.54, 1.807) is 25.4 Å². The number of aromatic nitrogens is 4. The predicted octanol–water partition coefficient (Wildman–Crippen LogP) is 2.64. The van der Waals surface area contributed by atoms with E-state index in [1.807, 2.05) is 24.0 Å². The summed E-state index contributed by atoms with van der Waals surface area (Å²) in [6.07, 6.45) is 8.40. The molecule has 0 saturated carbocycles. The Morgan fingerprint density at radius 3 is 2.44 bits per heavy atom. The van der Waals surface area contributed by atoms with E-state index < -0.39 is 0 Å². The van der Waals surface area contributed by atoms with Crippen molar-refractivity contribution in [2.24, 2.45) is 0 Å². The van der Waals surface area contributed by atoms with Gasteiger partial charge in [-0.3, -0.25) is 14.6 Å². The second-order valence-corrected chi connectivity index (χ2v) is 9.55. The standard InChI is InChI=1S/C26H31N7O3/c1-17-3-4-19(15-28-17)26(35)33-13-8-21(9-14-33)32-11-6-20(7-12-32)30-25(34)23-18(2)36-31-24(23)22-5-10-27-16-29-22/h3-5,10,15-16,20-21H,6-9,11-14H2,1-2H3,(H,30,34). The Morgan fingerprint density at radius 1 is 1.00 bits per heavy atom. The number of likely N-dealkylation sites (tertiary alicyclic amines) is 2. The van der Waals surface area contributed by atoms with Crippen molar-refractivity contribution in [3.8, 4) is 11.4 Å². The molecule has 3 aromatic heterocycles. The number of hydrogen-bond donors (Lipinski definition) is 1. The van der Waals surface area contributed by atoms with E-state index in [9.17, 15) is 9.59 Å². The summed E-state index contributed by atoms with van der Waals surface area (Å²) in [6, 6.07) is 6.00. The molecule has 0 atom stereocenters. The monoisotopic (exact) mass is 489 g/mol. The first-order valence-electron chi connectivity index (χ1n) is 12.5. The molecule has 0 radical (unpaired) electrons. The average molecular weight is 490 g/mol. The summed E-state index contributed by atoms with van der Waals surface area (Å²) < 4.78 is 5.30. The lowest BCUT2D eigenvalue weighted by atomic mass is 9.97. The van der Waals surface area contributed by atoms with E-state index in [-0.39, 0.29) is 17.9 Å². The zero-order valence-electron chi connectivity index (χ0n) is 20.7.